The van der Waals surface area contributed by atoms with Crippen LogP contribution in [-0.4, -0.2) is 19.3 Å². The molecule has 0 aromatic heterocycles. The summed E-state index contributed by atoms with van der Waals surface area (Å²) in [6.07, 6.45) is -0.637. The van der Waals surface area contributed by atoms with Crippen LogP contribution in [0.2, 0.25) is 0 Å². The van der Waals surface area contributed by atoms with Gasteiger partial charge in [-0.1, -0.05) is 6.07 Å². The third-order valence-corrected chi connectivity index (χ3v) is 2.38. The van der Waals surface area contributed by atoms with Crippen molar-refractivity contribution in [3.05, 3.63) is 28.2 Å². The molecule has 0 radical (unpaired) electrons. The quantitative estimate of drug-likeness (QED) is 0.797. The van der Waals surface area contributed by atoms with Gasteiger partial charge < -0.3 is 9.84 Å². The summed E-state index contributed by atoms with van der Waals surface area (Å²) in [6.45, 7) is 0. The van der Waals surface area contributed by atoms with Crippen LogP contribution in [0.1, 0.15) is 11.8 Å². The molecule has 0 aliphatic rings. The molecular formula is C9H12BrNO2. The number of nitrogens with one attached hydrogen (secondary N) is 1. The van der Waals surface area contributed by atoms with Crippen molar-refractivity contribution in [2.24, 2.45) is 0 Å². The number of methoxy groups -OCH3 is 1. The van der Waals surface area contributed by atoms with E-state index >= 15 is 0 Å². The van der Waals surface area contributed by atoms with E-state index in [1.807, 2.05) is 12.1 Å². The summed E-state index contributed by atoms with van der Waals surface area (Å²) in [6, 6.07) is 5.44. The molecule has 0 aliphatic carbocycles. The molecular weight excluding hydrogens is 234 g/mol. The minimum atomic E-state index is -0.637. The molecule has 2 N–H and O–H groups in total. The minimum absolute atomic E-state index is 0.637. The number of rotatable bonds is 3. The van der Waals surface area contributed by atoms with Crippen LogP contribution >= 0.6 is 15.9 Å². The lowest BCUT2D eigenvalue weighted by Crippen LogP contribution is -2.15. The predicted molar refractivity (Wildman–Crippen MR) is 54.7 cm³/mol. The molecule has 0 heterocycles. The summed E-state index contributed by atoms with van der Waals surface area (Å²) in [4.78, 5) is 0. The fourth-order valence-electron chi connectivity index (χ4n) is 1.02. The molecule has 1 aromatic rings. The average molecular weight is 246 g/mol. The van der Waals surface area contributed by atoms with Gasteiger partial charge in [0, 0.05) is 0 Å². The summed E-state index contributed by atoms with van der Waals surface area (Å²) in [7, 11) is 3.30. The fraction of sp³-hybridized carbons (Fsp3) is 0.333. The second-order valence-corrected chi connectivity index (χ2v) is 3.44. The molecule has 0 aliphatic heterocycles. The van der Waals surface area contributed by atoms with E-state index in [-0.39, 0.29) is 0 Å². The highest BCUT2D eigenvalue weighted by Gasteiger charge is 2.06. The lowest BCUT2D eigenvalue weighted by Gasteiger charge is -2.11. The minimum Gasteiger partial charge on any atom is -0.496 e. The van der Waals surface area contributed by atoms with E-state index in [9.17, 15) is 5.11 Å². The van der Waals surface area contributed by atoms with E-state index in [2.05, 4.69) is 21.2 Å². The first-order valence-electron chi connectivity index (χ1n) is 3.87. The van der Waals surface area contributed by atoms with E-state index in [4.69, 9.17) is 4.74 Å². The number of benzene rings is 1. The van der Waals surface area contributed by atoms with Crippen molar-refractivity contribution in [2.75, 3.05) is 14.2 Å². The van der Waals surface area contributed by atoms with Gasteiger partial charge >= 0.3 is 0 Å². The van der Waals surface area contributed by atoms with Crippen molar-refractivity contribution in [1.29, 1.82) is 0 Å². The SMILES string of the molecule is CNC(O)c1ccc(OC)c(Br)c1. The zero-order valence-corrected chi connectivity index (χ0v) is 9.13. The highest BCUT2D eigenvalue weighted by atomic mass is 79.9. The maximum Gasteiger partial charge on any atom is 0.133 e. The standard InChI is InChI=1S/C9H12BrNO2/c1-11-9(12)6-3-4-8(13-2)7(10)5-6/h3-5,9,11-12H,1-2H3. The first kappa shape index (κ1) is 10.5. The highest BCUT2D eigenvalue weighted by Crippen LogP contribution is 2.27. The molecule has 72 valence electrons. The van der Waals surface area contributed by atoms with E-state index < -0.39 is 6.23 Å². The summed E-state index contributed by atoms with van der Waals surface area (Å²) in [5, 5.41) is 12.2. The van der Waals surface area contributed by atoms with Gasteiger partial charge in [0.25, 0.3) is 0 Å². The Kier molecular flexibility index (Phi) is 3.71. The number of aliphatic hydroxyl groups excluding tert-OH is 1. The molecule has 1 aromatic carbocycles. The van der Waals surface area contributed by atoms with Crippen molar-refractivity contribution in [3.8, 4) is 5.75 Å². The molecule has 4 heteroatoms. The van der Waals surface area contributed by atoms with E-state index in [1.54, 1.807) is 20.2 Å². The first-order valence-corrected chi connectivity index (χ1v) is 4.67. The monoisotopic (exact) mass is 245 g/mol. The fourth-order valence-corrected chi connectivity index (χ4v) is 1.58. The molecule has 0 amide bonds. The van der Waals surface area contributed by atoms with Crippen molar-refractivity contribution in [1.82, 2.24) is 5.32 Å². The van der Waals surface area contributed by atoms with E-state index in [0.29, 0.717) is 0 Å². The molecule has 0 bridgehead atoms. The van der Waals surface area contributed by atoms with Crippen LogP contribution in [0.3, 0.4) is 0 Å². The second kappa shape index (κ2) is 4.60. The van der Waals surface area contributed by atoms with Crippen LogP contribution in [-0.2, 0) is 0 Å². The van der Waals surface area contributed by atoms with Gasteiger partial charge in [-0.05, 0) is 40.7 Å². The van der Waals surface area contributed by atoms with E-state index in [0.717, 1.165) is 15.8 Å². The van der Waals surface area contributed by atoms with Crippen LogP contribution in [0.4, 0.5) is 0 Å². The molecule has 0 spiro atoms. The Morgan fingerprint density at radius 1 is 1.54 bits per heavy atom. The zero-order valence-electron chi connectivity index (χ0n) is 7.54. The topological polar surface area (TPSA) is 41.5 Å². The average Bonchev–Trinajstić information content (AvgIpc) is 2.16. The number of ether oxygens (including phenoxy) is 1. The molecule has 0 saturated heterocycles. The van der Waals surface area contributed by atoms with Gasteiger partial charge in [0.15, 0.2) is 0 Å². The smallest absolute Gasteiger partial charge is 0.133 e. The number of aliphatic hydroxyl groups is 1. The number of halogens is 1. The van der Waals surface area contributed by atoms with Crippen molar-refractivity contribution < 1.29 is 9.84 Å². The van der Waals surface area contributed by atoms with E-state index in [1.165, 1.54) is 0 Å². The lowest BCUT2D eigenvalue weighted by molar-refractivity contribution is 0.149. The maximum atomic E-state index is 9.44. The Morgan fingerprint density at radius 2 is 2.23 bits per heavy atom. The van der Waals surface area contributed by atoms with Gasteiger partial charge in [-0.15, -0.1) is 0 Å². The van der Waals surface area contributed by atoms with Crippen LogP contribution in [0.15, 0.2) is 22.7 Å². The van der Waals surface area contributed by atoms with Gasteiger partial charge in [0.1, 0.15) is 12.0 Å². The van der Waals surface area contributed by atoms with Crippen molar-refractivity contribution >= 4 is 15.9 Å². The Hall–Kier alpha value is -0.580. The normalized spacial score (nSPS) is 12.6. The number of hydrogen-bond donors (Lipinski definition) is 2. The van der Waals surface area contributed by atoms with Crippen LogP contribution in [0.25, 0.3) is 0 Å². The molecule has 0 fully saturated rings. The third kappa shape index (κ3) is 2.43. The summed E-state index contributed by atoms with van der Waals surface area (Å²) < 4.78 is 5.90. The highest BCUT2D eigenvalue weighted by molar-refractivity contribution is 9.10. The lowest BCUT2D eigenvalue weighted by atomic mass is 10.2. The van der Waals surface area contributed by atoms with Gasteiger partial charge in [0.2, 0.25) is 0 Å². The molecule has 1 unspecified atom stereocenters. The molecule has 3 nitrogen and oxygen atoms in total. The van der Waals surface area contributed by atoms with Crippen LogP contribution in [0, 0.1) is 0 Å². The maximum absolute atomic E-state index is 9.44. The first-order chi connectivity index (χ1) is 6.19. The van der Waals surface area contributed by atoms with Crippen molar-refractivity contribution in [2.45, 2.75) is 6.23 Å². The zero-order chi connectivity index (χ0) is 9.84. The molecule has 1 rings (SSSR count). The van der Waals surface area contributed by atoms with Gasteiger partial charge in [-0.3, -0.25) is 5.32 Å². The van der Waals surface area contributed by atoms with Crippen LogP contribution < -0.4 is 10.1 Å². The summed E-state index contributed by atoms with van der Waals surface area (Å²) >= 11 is 3.34. The van der Waals surface area contributed by atoms with Gasteiger partial charge in [-0.2, -0.15) is 0 Å². The largest absolute Gasteiger partial charge is 0.496 e. The second-order valence-electron chi connectivity index (χ2n) is 2.59. The molecule has 1 atom stereocenters. The van der Waals surface area contributed by atoms with Crippen molar-refractivity contribution in [3.63, 3.8) is 0 Å². The summed E-state index contributed by atoms with van der Waals surface area (Å²) in [5.41, 5.74) is 0.801. The van der Waals surface area contributed by atoms with Gasteiger partial charge in [0.05, 0.1) is 11.6 Å². The predicted octanol–water partition coefficient (Wildman–Crippen LogP) is 1.67. The van der Waals surface area contributed by atoms with Gasteiger partial charge in [-0.25, -0.2) is 0 Å². The molecule has 13 heavy (non-hydrogen) atoms. The Balaban J connectivity index is 2.95. The Bertz CT molecular complexity index is 291. The molecule has 0 saturated carbocycles. The Morgan fingerprint density at radius 3 is 2.69 bits per heavy atom. The third-order valence-electron chi connectivity index (χ3n) is 1.77. The summed E-state index contributed by atoms with van der Waals surface area (Å²) in [5.74, 6) is 0.757. The number of hydrogen-bond acceptors (Lipinski definition) is 3. The Labute approximate surface area is 85.9 Å². The van der Waals surface area contributed by atoms with Crippen LogP contribution in [0.5, 0.6) is 5.75 Å².